The summed E-state index contributed by atoms with van der Waals surface area (Å²) < 4.78 is 3.29. The van der Waals surface area contributed by atoms with E-state index in [-0.39, 0.29) is 11.1 Å². The Morgan fingerprint density at radius 3 is 2.59 bits per heavy atom. The first-order valence-corrected chi connectivity index (χ1v) is 12.3. The van der Waals surface area contributed by atoms with Crippen molar-refractivity contribution in [1.82, 2.24) is 24.7 Å². The maximum absolute atomic E-state index is 4.96. The highest BCUT2D eigenvalue weighted by Crippen LogP contribution is 2.44. The number of aryl methyl sites for hydroxylation is 2. The molecule has 4 aromatic heterocycles. The number of aromatic nitrogens is 4. The van der Waals surface area contributed by atoms with Gasteiger partial charge >= 0.3 is 0 Å². The summed E-state index contributed by atoms with van der Waals surface area (Å²) >= 11 is 1.78. The quantitative estimate of drug-likeness (QED) is 0.473. The number of pyridine rings is 2. The van der Waals surface area contributed by atoms with Crippen molar-refractivity contribution < 1.29 is 0 Å². The van der Waals surface area contributed by atoms with Crippen LogP contribution in [-0.2, 0) is 0 Å². The smallest absolute Gasteiger partial charge is 0.186 e. The van der Waals surface area contributed by atoms with E-state index >= 15 is 0 Å². The first-order chi connectivity index (χ1) is 15.2. The molecule has 1 N–H and O–H groups in total. The molecule has 0 aliphatic carbocycles. The molecule has 2 bridgehead atoms. The van der Waals surface area contributed by atoms with E-state index in [9.17, 15) is 0 Å². The zero-order chi connectivity index (χ0) is 22.3. The number of imidazole rings is 1. The molecule has 7 heteroatoms. The maximum atomic E-state index is 4.96. The molecule has 0 aromatic carbocycles. The fourth-order valence-electron chi connectivity index (χ4n) is 5.91. The molecule has 3 atom stereocenters. The van der Waals surface area contributed by atoms with Crippen molar-refractivity contribution in [2.75, 3.05) is 11.9 Å². The summed E-state index contributed by atoms with van der Waals surface area (Å²) in [5.74, 6) is 0. The molecule has 4 aromatic rings. The van der Waals surface area contributed by atoms with Gasteiger partial charge in [-0.25, -0.2) is 9.97 Å². The lowest BCUT2D eigenvalue weighted by molar-refractivity contribution is 0.208. The van der Waals surface area contributed by atoms with Crippen LogP contribution in [0.4, 0.5) is 5.13 Å². The summed E-state index contributed by atoms with van der Waals surface area (Å²) in [6.07, 6.45) is 11.0. The highest BCUT2D eigenvalue weighted by atomic mass is 32.1. The van der Waals surface area contributed by atoms with Gasteiger partial charge in [0, 0.05) is 42.1 Å². The molecule has 6 rings (SSSR count). The molecule has 0 saturated carbocycles. The number of anilines is 1. The lowest BCUT2D eigenvalue weighted by atomic mass is 9.84. The number of hydrogen-bond acceptors (Lipinski definition) is 6. The Kier molecular flexibility index (Phi) is 4.24. The summed E-state index contributed by atoms with van der Waals surface area (Å²) in [4.78, 5) is 16.7. The summed E-state index contributed by atoms with van der Waals surface area (Å²) in [5.41, 5.74) is 6.75. The summed E-state index contributed by atoms with van der Waals surface area (Å²) in [7, 11) is 2.22. The largest absolute Gasteiger partial charge is 0.348 e. The Balaban J connectivity index is 1.33. The van der Waals surface area contributed by atoms with E-state index in [2.05, 4.69) is 71.9 Å². The number of fused-ring (bicyclic) bond motifs is 4. The highest BCUT2D eigenvalue weighted by molar-refractivity contribution is 7.22. The van der Waals surface area contributed by atoms with Crippen LogP contribution in [-0.4, -0.2) is 43.5 Å². The minimum absolute atomic E-state index is 0.250. The van der Waals surface area contributed by atoms with Crippen molar-refractivity contribution in [1.29, 1.82) is 0 Å². The predicted molar refractivity (Wildman–Crippen MR) is 132 cm³/mol. The molecule has 32 heavy (non-hydrogen) atoms. The van der Waals surface area contributed by atoms with Gasteiger partial charge in [0.25, 0.3) is 0 Å². The zero-order valence-corrected chi connectivity index (χ0v) is 20.3. The van der Waals surface area contributed by atoms with Crippen LogP contribution in [0.3, 0.4) is 0 Å². The number of nitrogens with zero attached hydrogens (tertiary/aromatic N) is 5. The van der Waals surface area contributed by atoms with Crippen LogP contribution < -0.4 is 10.2 Å². The number of nitrogens with one attached hydrogen (secondary N) is 1. The van der Waals surface area contributed by atoms with Crippen LogP contribution >= 0.6 is 11.3 Å². The fraction of sp³-hybridized carbons (Fsp3) is 0.480. The van der Waals surface area contributed by atoms with E-state index in [1.54, 1.807) is 11.3 Å². The fourth-order valence-corrected chi connectivity index (χ4v) is 6.92. The third kappa shape index (κ3) is 3.21. The number of hydrogen-bond donors (Lipinski definition) is 1. The van der Waals surface area contributed by atoms with Crippen molar-refractivity contribution in [3.63, 3.8) is 0 Å². The number of thiazole rings is 1. The Hall–Kier alpha value is -2.51. The standard InChI is InChI=1S/C25H30N6S/c1-15-8-17(14-31-13-16(2)27-22(15)31)19-9-21-20(12-26-19)28-23(32-21)30(5)18-10-24(3)6-7-25(4,11-18)29-24/h8-9,12-14,18,29H,6-7,10-11H2,1-5H3/t18-,24+,25-. The molecule has 0 unspecified atom stereocenters. The van der Waals surface area contributed by atoms with Crippen LogP contribution in [0.15, 0.2) is 30.7 Å². The van der Waals surface area contributed by atoms with E-state index < -0.39 is 0 Å². The van der Waals surface area contributed by atoms with Crippen molar-refractivity contribution in [3.05, 3.63) is 42.0 Å². The van der Waals surface area contributed by atoms with Gasteiger partial charge in [0.15, 0.2) is 5.13 Å². The van der Waals surface area contributed by atoms with E-state index in [1.807, 2.05) is 13.1 Å². The van der Waals surface area contributed by atoms with Gasteiger partial charge in [-0.05, 0) is 71.1 Å². The van der Waals surface area contributed by atoms with Crippen LogP contribution in [0.5, 0.6) is 0 Å². The van der Waals surface area contributed by atoms with Crippen molar-refractivity contribution >= 4 is 32.3 Å². The van der Waals surface area contributed by atoms with Gasteiger partial charge in [0.2, 0.25) is 0 Å². The van der Waals surface area contributed by atoms with Gasteiger partial charge in [-0.3, -0.25) is 4.98 Å². The van der Waals surface area contributed by atoms with Crippen LogP contribution in [0.25, 0.3) is 27.1 Å². The third-order valence-corrected chi connectivity index (χ3v) is 8.58. The minimum atomic E-state index is 0.250. The molecule has 0 spiro atoms. The van der Waals surface area contributed by atoms with Gasteiger partial charge in [-0.1, -0.05) is 11.3 Å². The first-order valence-electron chi connectivity index (χ1n) is 11.5. The Bertz CT molecular complexity index is 1340. The molecule has 2 saturated heterocycles. The van der Waals surface area contributed by atoms with Crippen molar-refractivity contribution in [3.8, 4) is 11.3 Å². The van der Waals surface area contributed by atoms with Gasteiger partial charge in [-0.2, -0.15) is 0 Å². The normalized spacial score (nSPS) is 27.5. The maximum Gasteiger partial charge on any atom is 0.186 e. The van der Waals surface area contributed by atoms with Crippen LogP contribution in [0.2, 0.25) is 0 Å². The Morgan fingerprint density at radius 1 is 1.09 bits per heavy atom. The molecule has 0 amide bonds. The molecule has 2 aliphatic rings. The van der Waals surface area contributed by atoms with Crippen molar-refractivity contribution in [2.45, 2.75) is 70.5 Å². The second-order valence-corrected chi connectivity index (χ2v) is 11.5. The molecule has 166 valence electrons. The van der Waals surface area contributed by atoms with E-state index in [0.717, 1.165) is 38.8 Å². The topological polar surface area (TPSA) is 58.4 Å². The lowest BCUT2D eigenvalue weighted by Crippen LogP contribution is -2.58. The van der Waals surface area contributed by atoms with Gasteiger partial charge < -0.3 is 14.6 Å². The summed E-state index contributed by atoms with van der Waals surface area (Å²) in [5, 5.41) is 4.98. The Labute approximate surface area is 192 Å². The van der Waals surface area contributed by atoms with Gasteiger partial charge in [0.1, 0.15) is 11.2 Å². The predicted octanol–water partition coefficient (Wildman–Crippen LogP) is 5.12. The van der Waals surface area contributed by atoms with E-state index in [1.165, 1.54) is 30.4 Å². The zero-order valence-electron chi connectivity index (χ0n) is 19.4. The monoisotopic (exact) mass is 446 g/mol. The first kappa shape index (κ1) is 20.1. The average Bonchev–Trinajstić information content (AvgIpc) is 3.39. The second-order valence-electron chi connectivity index (χ2n) is 10.5. The SMILES string of the molecule is Cc1cn2cc(-c3cc4sc(N(C)[C@@H]5C[C@]6(C)CC[C@](C)(C5)N6)nc4cn3)cc(C)c2n1. The molecule has 6 nitrogen and oxygen atoms in total. The molecular formula is C25H30N6S. The van der Waals surface area contributed by atoms with E-state index in [4.69, 9.17) is 9.97 Å². The molecule has 2 fully saturated rings. The molecular weight excluding hydrogens is 416 g/mol. The summed E-state index contributed by atoms with van der Waals surface area (Å²) in [6, 6.07) is 4.87. The number of rotatable bonds is 3. The van der Waals surface area contributed by atoms with Crippen molar-refractivity contribution in [2.24, 2.45) is 0 Å². The summed E-state index contributed by atoms with van der Waals surface area (Å²) in [6.45, 7) is 8.90. The highest BCUT2D eigenvalue weighted by Gasteiger charge is 2.49. The van der Waals surface area contributed by atoms with Gasteiger partial charge in [0.05, 0.1) is 22.3 Å². The van der Waals surface area contributed by atoms with E-state index in [0.29, 0.717) is 6.04 Å². The average molecular weight is 447 g/mol. The molecule has 2 aliphatic heterocycles. The second kappa shape index (κ2) is 6.75. The van der Waals surface area contributed by atoms with Gasteiger partial charge in [-0.15, -0.1) is 0 Å². The molecule has 6 heterocycles. The third-order valence-electron chi connectivity index (χ3n) is 7.47. The Morgan fingerprint density at radius 2 is 1.84 bits per heavy atom. The lowest BCUT2D eigenvalue weighted by Gasteiger charge is -2.45. The van der Waals surface area contributed by atoms with Crippen LogP contribution in [0, 0.1) is 13.8 Å². The number of piperidine rings is 1. The molecule has 0 radical (unpaired) electrons. The minimum Gasteiger partial charge on any atom is -0.348 e. The van der Waals surface area contributed by atoms with Crippen LogP contribution in [0.1, 0.15) is 50.8 Å².